The van der Waals surface area contributed by atoms with Gasteiger partial charge in [-0.05, 0) is 63.1 Å². The number of anilines is 3. The third kappa shape index (κ3) is 4.03. The van der Waals surface area contributed by atoms with Crippen LogP contribution in [-0.2, 0) is 0 Å². The van der Waals surface area contributed by atoms with Gasteiger partial charge in [0.2, 0.25) is 0 Å². The van der Waals surface area contributed by atoms with Crippen LogP contribution in [0.4, 0.5) is 17.1 Å². The first-order valence-electron chi connectivity index (χ1n) is 8.36. The van der Waals surface area contributed by atoms with E-state index >= 15 is 0 Å². The van der Waals surface area contributed by atoms with Crippen LogP contribution in [0.5, 0.6) is 0 Å². The van der Waals surface area contributed by atoms with Gasteiger partial charge in [0.05, 0.1) is 0 Å². The summed E-state index contributed by atoms with van der Waals surface area (Å²) in [6.45, 7) is 9.13. The van der Waals surface area contributed by atoms with Crippen LogP contribution in [0.15, 0.2) is 54.6 Å². The second kappa shape index (κ2) is 7.88. The fourth-order valence-electron chi connectivity index (χ4n) is 2.74. The second-order valence-corrected chi connectivity index (χ2v) is 5.96. The lowest BCUT2D eigenvalue weighted by molar-refractivity contribution is 0.527. The largest absolute Gasteiger partial charge is 0.366 e. The van der Waals surface area contributed by atoms with Gasteiger partial charge in [-0.1, -0.05) is 32.0 Å². The van der Waals surface area contributed by atoms with Gasteiger partial charge < -0.3 is 10.2 Å². The predicted molar refractivity (Wildman–Crippen MR) is 98.2 cm³/mol. The lowest BCUT2D eigenvalue weighted by Crippen LogP contribution is -2.39. The third-order valence-electron chi connectivity index (χ3n) is 4.36. The normalized spacial score (nSPS) is 13.5. The molecule has 2 atom stereocenters. The molecule has 0 aromatic heterocycles. The van der Waals surface area contributed by atoms with E-state index in [-0.39, 0.29) is 0 Å². The Morgan fingerprint density at radius 2 is 1.27 bits per heavy atom. The first kappa shape index (κ1) is 16.4. The van der Waals surface area contributed by atoms with Gasteiger partial charge in [-0.3, -0.25) is 0 Å². The van der Waals surface area contributed by atoms with Crippen LogP contribution in [0.2, 0.25) is 0 Å². The first-order chi connectivity index (χ1) is 10.7. The molecule has 2 aromatic carbocycles. The molecule has 0 radical (unpaired) electrons. The average molecular weight is 296 g/mol. The Balaban J connectivity index is 2.15. The molecular formula is C20H28N2. The summed E-state index contributed by atoms with van der Waals surface area (Å²) in [5, 5.41) is 3.44. The zero-order valence-corrected chi connectivity index (χ0v) is 14.2. The van der Waals surface area contributed by atoms with Crippen LogP contribution in [0, 0.1) is 0 Å². The molecule has 2 nitrogen and oxygen atoms in total. The standard InChI is InChI=1S/C20H28N2/c1-5-16(3)22(17(4)6-2)20-14-12-19(13-15-20)21-18-10-8-7-9-11-18/h7-17,21H,5-6H2,1-4H3. The van der Waals surface area contributed by atoms with E-state index in [9.17, 15) is 0 Å². The zero-order valence-electron chi connectivity index (χ0n) is 14.2. The summed E-state index contributed by atoms with van der Waals surface area (Å²) in [6, 6.07) is 20.2. The van der Waals surface area contributed by atoms with Crippen LogP contribution >= 0.6 is 0 Å². The van der Waals surface area contributed by atoms with Crippen LogP contribution in [0.1, 0.15) is 40.5 Å². The molecule has 2 unspecified atom stereocenters. The Bertz CT molecular complexity index is 538. The van der Waals surface area contributed by atoms with Crippen LogP contribution in [-0.4, -0.2) is 12.1 Å². The van der Waals surface area contributed by atoms with Crippen molar-refractivity contribution < 1.29 is 0 Å². The minimum Gasteiger partial charge on any atom is -0.366 e. The summed E-state index contributed by atoms with van der Waals surface area (Å²) < 4.78 is 0. The summed E-state index contributed by atoms with van der Waals surface area (Å²) >= 11 is 0. The molecule has 0 aliphatic rings. The summed E-state index contributed by atoms with van der Waals surface area (Å²) in [7, 11) is 0. The van der Waals surface area contributed by atoms with Gasteiger partial charge in [-0.15, -0.1) is 0 Å². The molecule has 2 aromatic rings. The molecule has 1 N–H and O–H groups in total. The smallest absolute Gasteiger partial charge is 0.0385 e. The van der Waals surface area contributed by atoms with E-state index in [0.29, 0.717) is 12.1 Å². The summed E-state index contributed by atoms with van der Waals surface area (Å²) in [5.41, 5.74) is 3.56. The van der Waals surface area contributed by atoms with E-state index in [1.807, 2.05) is 18.2 Å². The Hall–Kier alpha value is -1.96. The molecular weight excluding hydrogens is 268 g/mol. The molecule has 0 aliphatic carbocycles. The number of benzene rings is 2. The van der Waals surface area contributed by atoms with Crippen molar-refractivity contribution >= 4 is 17.1 Å². The maximum atomic E-state index is 3.44. The van der Waals surface area contributed by atoms with E-state index in [0.717, 1.165) is 24.2 Å². The van der Waals surface area contributed by atoms with Crippen molar-refractivity contribution in [3.05, 3.63) is 54.6 Å². The van der Waals surface area contributed by atoms with Gasteiger partial charge in [0.1, 0.15) is 0 Å². The molecule has 0 spiro atoms. The highest BCUT2D eigenvalue weighted by atomic mass is 15.2. The maximum absolute atomic E-state index is 3.44. The lowest BCUT2D eigenvalue weighted by atomic mass is 10.1. The molecule has 2 heteroatoms. The highest BCUT2D eigenvalue weighted by Gasteiger charge is 2.18. The SMILES string of the molecule is CCC(C)N(c1ccc(Nc2ccccc2)cc1)C(C)CC. The van der Waals surface area contributed by atoms with Gasteiger partial charge in [-0.2, -0.15) is 0 Å². The van der Waals surface area contributed by atoms with Crippen LogP contribution < -0.4 is 10.2 Å². The van der Waals surface area contributed by atoms with Crippen molar-refractivity contribution in [2.24, 2.45) is 0 Å². The van der Waals surface area contributed by atoms with Crippen molar-refractivity contribution in [2.45, 2.75) is 52.6 Å². The van der Waals surface area contributed by atoms with Gasteiger partial charge >= 0.3 is 0 Å². The van der Waals surface area contributed by atoms with E-state index in [1.165, 1.54) is 5.69 Å². The van der Waals surface area contributed by atoms with Crippen LogP contribution in [0.25, 0.3) is 0 Å². The average Bonchev–Trinajstić information content (AvgIpc) is 2.57. The molecule has 0 aliphatic heterocycles. The molecule has 118 valence electrons. The molecule has 22 heavy (non-hydrogen) atoms. The Kier molecular flexibility index (Phi) is 5.88. The van der Waals surface area contributed by atoms with Crippen LogP contribution in [0.3, 0.4) is 0 Å². The van der Waals surface area contributed by atoms with Gasteiger partial charge in [0.15, 0.2) is 0 Å². The minimum atomic E-state index is 0.558. The van der Waals surface area contributed by atoms with E-state index in [1.54, 1.807) is 0 Å². The number of hydrogen-bond donors (Lipinski definition) is 1. The van der Waals surface area contributed by atoms with Gasteiger partial charge in [0.25, 0.3) is 0 Å². The fourth-order valence-corrected chi connectivity index (χ4v) is 2.74. The monoisotopic (exact) mass is 296 g/mol. The Morgan fingerprint density at radius 3 is 1.77 bits per heavy atom. The van der Waals surface area contributed by atoms with E-state index in [4.69, 9.17) is 0 Å². The van der Waals surface area contributed by atoms with Gasteiger partial charge in [-0.25, -0.2) is 0 Å². The van der Waals surface area contributed by atoms with Crippen molar-refractivity contribution in [2.75, 3.05) is 10.2 Å². The minimum absolute atomic E-state index is 0.558. The zero-order chi connectivity index (χ0) is 15.9. The summed E-state index contributed by atoms with van der Waals surface area (Å²) in [4.78, 5) is 2.53. The molecule has 0 fully saturated rings. The molecule has 0 saturated heterocycles. The number of hydrogen-bond acceptors (Lipinski definition) is 2. The predicted octanol–water partition coefficient (Wildman–Crippen LogP) is 5.83. The summed E-state index contributed by atoms with van der Waals surface area (Å²) in [6.07, 6.45) is 2.32. The van der Waals surface area contributed by atoms with E-state index in [2.05, 4.69) is 74.3 Å². The number of rotatable bonds is 7. The Morgan fingerprint density at radius 1 is 0.773 bits per heavy atom. The highest BCUT2D eigenvalue weighted by Crippen LogP contribution is 2.26. The van der Waals surface area contributed by atoms with Crippen molar-refractivity contribution in [1.29, 1.82) is 0 Å². The van der Waals surface area contributed by atoms with Crippen molar-refractivity contribution in [3.8, 4) is 0 Å². The first-order valence-corrected chi connectivity index (χ1v) is 8.36. The molecule has 0 heterocycles. The maximum Gasteiger partial charge on any atom is 0.0385 e. The quantitative estimate of drug-likeness (QED) is 0.691. The molecule has 0 bridgehead atoms. The third-order valence-corrected chi connectivity index (χ3v) is 4.36. The topological polar surface area (TPSA) is 15.3 Å². The lowest BCUT2D eigenvalue weighted by Gasteiger charge is -2.36. The molecule has 2 rings (SSSR count). The fraction of sp³-hybridized carbons (Fsp3) is 0.400. The van der Waals surface area contributed by atoms with Crippen molar-refractivity contribution in [3.63, 3.8) is 0 Å². The van der Waals surface area contributed by atoms with Gasteiger partial charge in [0, 0.05) is 29.1 Å². The number of nitrogens with zero attached hydrogens (tertiary/aromatic N) is 1. The highest BCUT2D eigenvalue weighted by molar-refractivity contribution is 5.63. The second-order valence-electron chi connectivity index (χ2n) is 5.96. The molecule has 0 amide bonds. The number of nitrogens with one attached hydrogen (secondary N) is 1. The summed E-state index contributed by atoms with van der Waals surface area (Å²) in [5.74, 6) is 0. The Labute approximate surface area is 135 Å². The van der Waals surface area contributed by atoms with E-state index < -0.39 is 0 Å². The molecule has 0 saturated carbocycles. The van der Waals surface area contributed by atoms with Crippen molar-refractivity contribution in [1.82, 2.24) is 0 Å². The number of para-hydroxylation sites is 1.